The van der Waals surface area contributed by atoms with Gasteiger partial charge in [-0.15, -0.1) is 5.54 Å². The summed E-state index contributed by atoms with van der Waals surface area (Å²) in [6, 6.07) is 7.70. The number of rotatable bonds is 7. The fourth-order valence-electron chi connectivity index (χ4n) is 2.44. The van der Waals surface area contributed by atoms with Crippen molar-refractivity contribution >= 4 is 20.1 Å². The van der Waals surface area contributed by atoms with Gasteiger partial charge in [0.1, 0.15) is 19.7 Å². The SMILES string of the molecule is CCC(NC(=O)OC(C)(C)C)C(=O)NCCCc1ccc(C#C[Si](C)(C)C)cc1. The van der Waals surface area contributed by atoms with Crippen molar-refractivity contribution in [2.24, 2.45) is 0 Å². The van der Waals surface area contributed by atoms with Gasteiger partial charge in [0, 0.05) is 12.1 Å². The van der Waals surface area contributed by atoms with E-state index in [4.69, 9.17) is 4.74 Å². The van der Waals surface area contributed by atoms with Crippen molar-refractivity contribution in [1.82, 2.24) is 10.6 Å². The van der Waals surface area contributed by atoms with Crippen molar-refractivity contribution < 1.29 is 14.3 Å². The molecule has 0 spiro atoms. The third kappa shape index (κ3) is 11.4. The average molecular weight is 417 g/mol. The van der Waals surface area contributed by atoms with Crippen LogP contribution in [0, 0.1) is 11.5 Å². The smallest absolute Gasteiger partial charge is 0.408 e. The molecule has 1 rings (SSSR count). The zero-order valence-electron chi connectivity index (χ0n) is 18.9. The fraction of sp³-hybridized carbons (Fsp3) is 0.565. The van der Waals surface area contributed by atoms with Gasteiger partial charge in [0.05, 0.1) is 0 Å². The number of ether oxygens (including phenoxy) is 1. The topological polar surface area (TPSA) is 67.4 Å². The molecule has 1 unspecified atom stereocenters. The van der Waals surface area contributed by atoms with Crippen LogP contribution in [0.2, 0.25) is 19.6 Å². The number of benzene rings is 1. The predicted molar refractivity (Wildman–Crippen MR) is 121 cm³/mol. The highest BCUT2D eigenvalue weighted by molar-refractivity contribution is 6.83. The standard InChI is InChI=1S/C23H36N2O3Si/c1-8-20(25-22(27)28-23(2,3)4)21(26)24-16-9-10-18-11-13-19(14-12-18)15-17-29(5,6)7/h11-14,20H,8-10,16H2,1-7H3,(H,24,26)(H,25,27). The maximum atomic E-state index is 12.3. The van der Waals surface area contributed by atoms with Gasteiger partial charge in [0.25, 0.3) is 0 Å². The number of amides is 2. The van der Waals surface area contributed by atoms with Gasteiger partial charge >= 0.3 is 6.09 Å². The average Bonchev–Trinajstić information content (AvgIpc) is 2.60. The molecule has 0 aliphatic rings. The Labute approximate surface area is 177 Å². The lowest BCUT2D eigenvalue weighted by Gasteiger charge is -2.22. The van der Waals surface area contributed by atoms with Crippen LogP contribution in [0.15, 0.2) is 24.3 Å². The quantitative estimate of drug-likeness (QED) is 0.396. The van der Waals surface area contributed by atoms with Gasteiger partial charge < -0.3 is 15.4 Å². The zero-order valence-corrected chi connectivity index (χ0v) is 19.9. The fourth-order valence-corrected chi connectivity index (χ4v) is 2.96. The molecule has 0 aliphatic heterocycles. The minimum absolute atomic E-state index is 0.185. The van der Waals surface area contributed by atoms with Crippen molar-refractivity contribution in [1.29, 1.82) is 0 Å². The Morgan fingerprint density at radius 3 is 2.28 bits per heavy atom. The van der Waals surface area contributed by atoms with Crippen LogP contribution in [0.1, 0.15) is 51.7 Å². The zero-order chi connectivity index (χ0) is 22.1. The summed E-state index contributed by atoms with van der Waals surface area (Å²) in [4.78, 5) is 24.1. The molecule has 0 aliphatic carbocycles. The van der Waals surface area contributed by atoms with Gasteiger partial charge in [-0.3, -0.25) is 4.79 Å². The Bertz CT molecular complexity index is 735. The third-order valence-electron chi connectivity index (χ3n) is 3.89. The first-order valence-electron chi connectivity index (χ1n) is 10.3. The number of carbonyl (C=O) groups excluding carboxylic acids is 2. The van der Waals surface area contributed by atoms with Crippen LogP contribution in [-0.2, 0) is 16.0 Å². The maximum absolute atomic E-state index is 12.3. The number of nitrogens with one attached hydrogen (secondary N) is 2. The van der Waals surface area contributed by atoms with E-state index in [0.717, 1.165) is 18.4 Å². The lowest BCUT2D eigenvalue weighted by atomic mass is 10.1. The van der Waals surface area contributed by atoms with Crippen molar-refractivity contribution in [2.45, 2.75) is 78.2 Å². The maximum Gasteiger partial charge on any atom is 0.408 e. The first-order valence-corrected chi connectivity index (χ1v) is 13.8. The summed E-state index contributed by atoms with van der Waals surface area (Å²) in [5.74, 6) is 3.07. The monoisotopic (exact) mass is 416 g/mol. The van der Waals surface area contributed by atoms with Crippen LogP contribution < -0.4 is 10.6 Å². The molecule has 0 radical (unpaired) electrons. The van der Waals surface area contributed by atoms with E-state index in [1.165, 1.54) is 5.56 Å². The first kappa shape index (κ1) is 24.8. The predicted octanol–water partition coefficient (Wildman–Crippen LogP) is 4.27. The number of hydrogen-bond acceptors (Lipinski definition) is 3. The number of carbonyl (C=O) groups is 2. The molecule has 1 aromatic rings. The first-order chi connectivity index (χ1) is 13.4. The molecule has 0 heterocycles. The van der Waals surface area contributed by atoms with Crippen LogP contribution in [0.5, 0.6) is 0 Å². The Morgan fingerprint density at radius 2 is 1.76 bits per heavy atom. The van der Waals surface area contributed by atoms with E-state index in [0.29, 0.717) is 13.0 Å². The molecule has 160 valence electrons. The second kappa shape index (κ2) is 11.1. The van der Waals surface area contributed by atoms with Crippen LogP contribution >= 0.6 is 0 Å². The van der Waals surface area contributed by atoms with Crippen molar-refractivity contribution in [3.8, 4) is 11.5 Å². The van der Waals surface area contributed by atoms with E-state index in [9.17, 15) is 9.59 Å². The molecule has 29 heavy (non-hydrogen) atoms. The Kier molecular flexibility index (Phi) is 9.45. The van der Waals surface area contributed by atoms with Gasteiger partial charge in [-0.25, -0.2) is 4.79 Å². The lowest BCUT2D eigenvalue weighted by molar-refractivity contribution is -0.123. The Balaban J connectivity index is 2.41. The van der Waals surface area contributed by atoms with E-state index in [2.05, 4.69) is 66.0 Å². The van der Waals surface area contributed by atoms with E-state index < -0.39 is 25.8 Å². The number of aryl methyl sites for hydroxylation is 1. The highest BCUT2D eigenvalue weighted by Gasteiger charge is 2.22. The summed E-state index contributed by atoms with van der Waals surface area (Å²) in [7, 11) is -1.36. The summed E-state index contributed by atoms with van der Waals surface area (Å²) < 4.78 is 5.21. The second-order valence-corrected chi connectivity index (χ2v) is 13.9. The minimum Gasteiger partial charge on any atom is -0.444 e. The van der Waals surface area contributed by atoms with Crippen molar-refractivity contribution in [3.05, 3.63) is 35.4 Å². The highest BCUT2D eigenvalue weighted by Crippen LogP contribution is 2.08. The lowest BCUT2D eigenvalue weighted by Crippen LogP contribution is -2.48. The highest BCUT2D eigenvalue weighted by atomic mass is 28.3. The van der Waals surface area contributed by atoms with Crippen LogP contribution in [0.25, 0.3) is 0 Å². The van der Waals surface area contributed by atoms with Crippen molar-refractivity contribution in [2.75, 3.05) is 6.54 Å². The normalized spacial score (nSPS) is 12.4. The van der Waals surface area contributed by atoms with Gasteiger partial charge in [-0.05, 0) is 57.7 Å². The molecule has 0 saturated heterocycles. The molecule has 1 atom stereocenters. The van der Waals surface area contributed by atoms with Crippen molar-refractivity contribution in [3.63, 3.8) is 0 Å². The molecule has 2 amide bonds. The molecule has 0 fully saturated rings. The van der Waals surface area contributed by atoms with E-state index >= 15 is 0 Å². The molecule has 0 bridgehead atoms. The number of alkyl carbamates (subject to hydrolysis) is 1. The van der Waals surface area contributed by atoms with E-state index in [1.54, 1.807) is 20.8 Å². The van der Waals surface area contributed by atoms with Crippen LogP contribution in [0.4, 0.5) is 4.79 Å². The van der Waals surface area contributed by atoms with Crippen LogP contribution in [0.3, 0.4) is 0 Å². The van der Waals surface area contributed by atoms with E-state index in [1.807, 2.05) is 6.92 Å². The number of hydrogen-bond donors (Lipinski definition) is 2. The summed E-state index contributed by atoms with van der Waals surface area (Å²) in [6.45, 7) is 14.5. The van der Waals surface area contributed by atoms with E-state index in [-0.39, 0.29) is 5.91 Å². The molecule has 1 aromatic carbocycles. The molecule has 2 N–H and O–H groups in total. The summed E-state index contributed by atoms with van der Waals surface area (Å²) >= 11 is 0. The summed E-state index contributed by atoms with van der Waals surface area (Å²) in [6.07, 6.45) is 1.63. The molecule has 0 saturated carbocycles. The Hall–Kier alpha value is -2.26. The van der Waals surface area contributed by atoms with Gasteiger partial charge in [0.15, 0.2) is 0 Å². The van der Waals surface area contributed by atoms with Gasteiger partial charge in [-0.1, -0.05) is 44.6 Å². The van der Waals surface area contributed by atoms with Crippen LogP contribution in [-0.4, -0.2) is 38.3 Å². The third-order valence-corrected chi connectivity index (χ3v) is 4.77. The van der Waals surface area contributed by atoms with Gasteiger partial charge in [-0.2, -0.15) is 0 Å². The molecule has 0 aromatic heterocycles. The second-order valence-electron chi connectivity index (χ2n) is 9.20. The summed E-state index contributed by atoms with van der Waals surface area (Å²) in [5, 5.41) is 5.52. The minimum atomic E-state index is -1.36. The van der Waals surface area contributed by atoms with Gasteiger partial charge in [0.2, 0.25) is 5.91 Å². The largest absolute Gasteiger partial charge is 0.444 e. The molecular formula is C23H36N2O3Si. The molecule has 6 heteroatoms. The Morgan fingerprint density at radius 1 is 1.14 bits per heavy atom. The molecule has 5 nitrogen and oxygen atoms in total. The molecular weight excluding hydrogens is 380 g/mol. The summed E-state index contributed by atoms with van der Waals surface area (Å²) in [5.41, 5.74) is 5.04.